The Morgan fingerprint density at radius 1 is 1.29 bits per heavy atom. The van der Waals surface area contributed by atoms with Gasteiger partial charge in [0.15, 0.2) is 0 Å². The standard InChI is InChI=1S/C14H28N2O/c1-11-5-6-12(17-11)9-16-8-7-15-13(10-16)14(2,3)4/h11-13,15H,5-10H2,1-4H3. The summed E-state index contributed by atoms with van der Waals surface area (Å²) in [6.07, 6.45) is 3.43. The minimum absolute atomic E-state index is 0.350. The smallest absolute Gasteiger partial charge is 0.0706 e. The van der Waals surface area contributed by atoms with Crippen molar-refractivity contribution in [3.8, 4) is 0 Å². The molecular weight excluding hydrogens is 212 g/mol. The van der Waals surface area contributed by atoms with Gasteiger partial charge in [0, 0.05) is 32.2 Å². The van der Waals surface area contributed by atoms with Gasteiger partial charge in [-0.05, 0) is 25.2 Å². The van der Waals surface area contributed by atoms with Crippen molar-refractivity contribution in [3.05, 3.63) is 0 Å². The molecule has 0 aromatic rings. The van der Waals surface area contributed by atoms with Gasteiger partial charge in [-0.1, -0.05) is 20.8 Å². The second kappa shape index (κ2) is 5.25. The van der Waals surface area contributed by atoms with Gasteiger partial charge in [0.2, 0.25) is 0 Å². The molecule has 0 amide bonds. The van der Waals surface area contributed by atoms with Crippen LogP contribution in [0.1, 0.15) is 40.5 Å². The molecule has 0 aromatic carbocycles. The Kier molecular flexibility index (Phi) is 4.11. The lowest BCUT2D eigenvalue weighted by atomic mass is 9.85. The highest BCUT2D eigenvalue weighted by Crippen LogP contribution is 2.24. The molecule has 3 atom stereocenters. The molecule has 3 unspecified atom stereocenters. The van der Waals surface area contributed by atoms with Gasteiger partial charge in [0.25, 0.3) is 0 Å². The molecule has 0 aliphatic carbocycles. The van der Waals surface area contributed by atoms with Crippen LogP contribution in [0.25, 0.3) is 0 Å². The lowest BCUT2D eigenvalue weighted by Gasteiger charge is -2.41. The van der Waals surface area contributed by atoms with Gasteiger partial charge >= 0.3 is 0 Å². The van der Waals surface area contributed by atoms with Gasteiger partial charge in [-0.3, -0.25) is 4.90 Å². The largest absolute Gasteiger partial charge is 0.374 e. The second-order valence-electron chi connectivity index (χ2n) is 6.78. The number of hydrogen-bond donors (Lipinski definition) is 1. The van der Waals surface area contributed by atoms with E-state index in [1.807, 2.05) is 0 Å². The molecule has 0 spiro atoms. The number of nitrogens with one attached hydrogen (secondary N) is 1. The van der Waals surface area contributed by atoms with Crippen LogP contribution in [0.4, 0.5) is 0 Å². The fourth-order valence-electron chi connectivity index (χ4n) is 2.86. The van der Waals surface area contributed by atoms with Crippen LogP contribution >= 0.6 is 0 Å². The fraction of sp³-hybridized carbons (Fsp3) is 1.00. The summed E-state index contributed by atoms with van der Waals surface area (Å²) < 4.78 is 5.92. The number of nitrogens with zero attached hydrogens (tertiary/aromatic N) is 1. The summed E-state index contributed by atoms with van der Waals surface area (Å²) in [5.74, 6) is 0. The zero-order valence-electron chi connectivity index (χ0n) is 11.8. The maximum atomic E-state index is 5.92. The topological polar surface area (TPSA) is 24.5 Å². The molecule has 0 radical (unpaired) electrons. The predicted octanol–water partition coefficient (Wildman–Crippen LogP) is 1.87. The van der Waals surface area contributed by atoms with E-state index in [1.54, 1.807) is 0 Å². The minimum atomic E-state index is 0.350. The molecule has 0 bridgehead atoms. The number of rotatable bonds is 2. The zero-order chi connectivity index (χ0) is 12.5. The van der Waals surface area contributed by atoms with E-state index in [4.69, 9.17) is 4.74 Å². The molecule has 3 heteroatoms. The molecule has 17 heavy (non-hydrogen) atoms. The highest BCUT2D eigenvalue weighted by molar-refractivity contribution is 4.88. The number of hydrogen-bond acceptors (Lipinski definition) is 3. The van der Waals surface area contributed by atoms with Crippen LogP contribution in [0.3, 0.4) is 0 Å². The van der Waals surface area contributed by atoms with Gasteiger partial charge in [-0.25, -0.2) is 0 Å². The summed E-state index contributed by atoms with van der Waals surface area (Å²) in [6, 6.07) is 0.607. The third kappa shape index (κ3) is 3.67. The molecule has 1 N–H and O–H groups in total. The van der Waals surface area contributed by atoms with Gasteiger partial charge in [0.1, 0.15) is 0 Å². The molecule has 2 heterocycles. The molecule has 0 aromatic heterocycles. The van der Waals surface area contributed by atoms with Crippen LogP contribution in [0.15, 0.2) is 0 Å². The molecule has 2 rings (SSSR count). The van der Waals surface area contributed by atoms with Crippen molar-refractivity contribution >= 4 is 0 Å². The van der Waals surface area contributed by atoms with E-state index < -0.39 is 0 Å². The molecule has 0 saturated carbocycles. The van der Waals surface area contributed by atoms with Gasteiger partial charge in [0.05, 0.1) is 12.2 Å². The first-order valence-corrected chi connectivity index (χ1v) is 7.06. The Labute approximate surface area is 106 Å². The van der Waals surface area contributed by atoms with E-state index in [0.29, 0.717) is 23.7 Å². The summed E-state index contributed by atoms with van der Waals surface area (Å²) in [5, 5.41) is 3.64. The van der Waals surface area contributed by atoms with Crippen LogP contribution in [-0.2, 0) is 4.74 Å². The monoisotopic (exact) mass is 240 g/mol. The Bertz CT molecular complexity index is 249. The van der Waals surface area contributed by atoms with E-state index in [9.17, 15) is 0 Å². The number of piperazine rings is 1. The highest BCUT2D eigenvalue weighted by atomic mass is 16.5. The summed E-state index contributed by atoms with van der Waals surface area (Å²) >= 11 is 0. The van der Waals surface area contributed by atoms with Crippen LogP contribution in [0, 0.1) is 5.41 Å². The average molecular weight is 240 g/mol. The SMILES string of the molecule is CC1CCC(CN2CCNC(C(C)(C)C)C2)O1. The zero-order valence-corrected chi connectivity index (χ0v) is 11.8. The second-order valence-corrected chi connectivity index (χ2v) is 6.78. The first kappa shape index (κ1) is 13.3. The predicted molar refractivity (Wildman–Crippen MR) is 71.3 cm³/mol. The molecule has 3 nitrogen and oxygen atoms in total. The van der Waals surface area contributed by atoms with Crippen LogP contribution in [-0.4, -0.2) is 49.3 Å². The Hall–Kier alpha value is -0.120. The van der Waals surface area contributed by atoms with E-state index in [0.717, 1.165) is 19.6 Å². The van der Waals surface area contributed by atoms with Crippen molar-refractivity contribution in [2.45, 2.75) is 58.8 Å². The van der Waals surface area contributed by atoms with E-state index in [-0.39, 0.29) is 0 Å². The number of ether oxygens (including phenoxy) is 1. The first-order valence-electron chi connectivity index (χ1n) is 7.06. The Morgan fingerprint density at radius 3 is 2.65 bits per heavy atom. The molecule has 2 fully saturated rings. The van der Waals surface area contributed by atoms with Crippen LogP contribution < -0.4 is 5.32 Å². The summed E-state index contributed by atoms with van der Waals surface area (Å²) in [4.78, 5) is 2.58. The summed E-state index contributed by atoms with van der Waals surface area (Å²) in [5.41, 5.74) is 0.350. The fourth-order valence-corrected chi connectivity index (χ4v) is 2.86. The third-order valence-electron chi connectivity index (χ3n) is 4.09. The Balaban J connectivity index is 1.81. The maximum Gasteiger partial charge on any atom is 0.0706 e. The Morgan fingerprint density at radius 2 is 2.06 bits per heavy atom. The van der Waals surface area contributed by atoms with Gasteiger partial charge in [-0.2, -0.15) is 0 Å². The molecule has 2 aliphatic heterocycles. The molecule has 2 saturated heterocycles. The van der Waals surface area contributed by atoms with E-state index in [2.05, 4.69) is 37.9 Å². The third-order valence-corrected chi connectivity index (χ3v) is 4.09. The summed E-state index contributed by atoms with van der Waals surface area (Å²) in [6.45, 7) is 13.7. The van der Waals surface area contributed by atoms with E-state index >= 15 is 0 Å². The maximum absolute atomic E-state index is 5.92. The molecular formula is C14H28N2O. The molecule has 100 valence electrons. The van der Waals surface area contributed by atoms with Gasteiger partial charge < -0.3 is 10.1 Å². The quantitative estimate of drug-likeness (QED) is 0.797. The van der Waals surface area contributed by atoms with Crippen LogP contribution in [0.2, 0.25) is 0 Å². The van der Waals surface area contributed by atoms with Crippen molar-refractivity contribution in [1.82, 2.24) is 10.2 Å². The van der Waals surface area contributed by atoms with E-state index in [1.165, 1.54) is 19.4 Å². The van der Waals surface area contributed by atoms with Gasteiger partial charge in [-0.15, -0.1) is 0 Å². The van der Waals surface area contributed by atoms with Crippen molar-refractivity contribution in [3.63, 3.8) is 0 Å². The van der Waals surface area contributed by atoms with Crippen LogP contribution in [0.5, 0.6) is 0 Å². The highest BCUT2D eigenvalue weighted by Gasteiger charge is 2.31. The minimum Gasteiger partial charge on any atom is -0.374 e. The normalized spacial score (nSPS) is 36.4. The van der Waals surface area contributed by atoms with Crippen molar-refractivity contribution < 1.29 is 4.74 Å². The van der Waals surface area contributed by atoms with Crippen molar-refractivity contribution in [1.29, 1.82) is 0 Å². The lowest BCUT2D eigenvalue weighted by molar-refractivity contribution is 0.0194. The van der Waals surface area contributed by atoms with Crippen molar-refractivity contribution in [2.24, 2.45) is 5.41 Å². The first-order chi connectivity index (χ1) is 7.95. The lowest BCUT2D eigenvalue weighted by Crippen LogP contribution is -2.56. The van der Waals surface area contributed by atoms with Crippen molar-refractivity contribution in [2.75, 3.05) is 26.2 Å². The average Bonchev–Trinajstić information content (AvgIpc) is 2.63. The summed E-state index contributed by atoms with van der Waals surface area (Å²) in [7, 11) is 0. The molecule has 2 aliphatic rings.